The number of methoxy groups -OCH3 is 1. The first-order chi connectivity index (χ1) is 12.7. The number of nitrogens with one attached hydrogen (secondary N) is 2. The molecule has 0 saturated heterocycles. The number of benzene rings is 1. The summed E-state index contributed by atoms with van der Waals surface area (Å²) in [6.45, 7) is 4.15. The van der Waals surface area contributed by atoms with E-state index in [0.717, 1.165) is 17.9 Å². The van der Waals surface area contributed by atoms with Crippen molar-refractivity contribution in [3.63, 3.8) is 0 Å². The van der Waals surface area contributed by atoms with E-state index < -0.39 is 6.10 Å². The highest BCUT2D eigenvalue weighted by molar-refractivity contribution is 5.93. The smallest absolute Gasteiger partial charge is 0.195 e. The predicted molar refractivity (Wildman–Crippen MR) is 102 cm³/mol. The third kappa shape index (κ3) is 6.78. The topological polar surface area (TPSA) is 88.3 Å². The molecule has 0 aliphatic heterocycles. The molecule has 3 N–H and O–H groups in total. The third-order valence-electron chi connectivity index (χ3n) is 3.50. The van der Waals surface area contributed by atoms with Crippen LogP contribution in [0.3, 0.4) is 0 Å². The molecule has 0 radical (unpaired) electrons. The minimum Gasteiger partial charge on any atom is -0.493 e. The van der Waals surface area contributed by atoms with E-state index in [4.69, 9.17) is 13.9 Å². The van der Waals surface area contributed by atoms with Gasteiger partial charge >= 0.3 is 0 Å². The lowest BCUT2D eigenvalue weighted by atomic mass is 10.3. The van der Waals surface area contributed by atoms with E-state index in [9.17, 15) is 5.11 Å². The van der Waals surface area contributed by atoms with Gasteiger partial charge in [0, 0.05) is 38.4 Å². The second kappa shape index (κ2) is 11.2. The van der Waals surface area contributed by atoms with Gasteiger partial charge in [-0.1, -0.05) is 6.07 Å². The Morgan fingerprint density at radius 1 is 1.27 bits per heavy atom. The van der Waals surface area contributed by atoms with Crippen LogP contribution in [-0.4, -0.2) is 44.5 Å². The number of ether oxygens (including phenoxy) is 2. The van der Waals surface area contributed by atoms with Crippen molar-refractivity contribution in [2.75, 3.05) is 38.7 Å². The summed E-state index contributed by atoms with van der Waals surface area (Å²) in [7, 11) is 1.68. The maximum absolute atomic E-state index is 10.1. The Balaban J connectivity index is 1.94. The molecule has 1 aromatic carbocycles. The molecular formula is C19H27N3O4. The number of furan rings is 1. The fraction of sp³-hybridized carbons (Fsp3) is 0.421. The average Bonchev–Trinajstić information content (AvgIpc) is 3.18. The largest absolute Gasteiger partial charge is 0.493 e. The van der Waals surface area contributed by atoms with Gasteiger partial charge in [-0.15, -0.1) is 0 Å². The molecule has 0 spiro atoms. The standard InChI is InChI=1S/C19H27N3O4/c1-3-20-19(21-14-17(23)18-9-5-11-26-18)22-15-7-4-8-16(13-15)25-12-6-10-24-2/h4-5,7-9,11,13,17,23H,3,6,10,12,14H2,1-2H3,(H2,20,21,22). The van der Waals surface area contributed by atoms with Crippen molar-refractivity contribution in [3.05, 3.63) is 48.4 Å². The van der Waals surface area contributed by atoms with Crippen molar-refractivity contribution in [1.82, 2.24) is 5.32 Å². The number of aliphatic imine (C=N–C) groups is 1. The first kappa shape index (κ1) is 19.8. The van der Waals surface area contributed by atoms with Crippen molar-refractivity contribution >= 4 is 11.6 Å². The number of aliphatic hydroxyl groups is 1. The Morgan fingerprint density at radius 2 is 2.15 bits per heavy atom. The molecular weight excluding hydrogens is 334 g/mol. The Morgan fingerprint density at radius 3 is 2.88 bits per heavy atom. The van der Waals surface area contributed by atoms with Crippen LogP contribution in [0.2, 0.25) is 0 Å². The lowest BCUT2D eigenvalue weighted by molar-refractivity contribution is 0.158. The van der Waals surface area contributed by atoms with E-state index in [1.165, 1.54) is 6.26 Å². The number of aliphatic hydroxyl groups excluding tert-OH is 1. The zero-order valence-electron chi connectivity index (χ0n) is 15.3. The number of hydrogen-bond donors (Lipinski definition) is 3. The molecule has 7 heteroatoms. The Bertz CT molecular complexity index is 659. The Hall–Kier alpha value is -2.51. The normalized spacial score (nSPS) is 12.7. The first-order valence-corrected chi connectivity index (χ1v) is 8.71. The van der Waals surface area contributed by atoms with E-state index in [1.54, 1.807) is 19.2 Å². The molecule has 0 amide bonds. The maximum Gasteiger partial charge on any atom is 0.195 e. The second-order valence-corrected chi connectivity index (χ2v) is 5.60. The third-order valence-corrected chi connectivity index (χ3v) is 3.50. The van der Waals surface area contributed by atoms with Crippen molar-refractivity contribution in [3.8, 4) is 5.75 Å². The predicted octanol–water partition coefficient (Wildman–Crippen LogP) is 2.81. The van der Waals surface area contributed by atoms with Crippen LogP contribution in [0.5, 0.6) is 5.75 Å². The molecule has 0 fully saturated rings. The average molecular weight is 361 g/mol. The summed E-state index contributed by atoms with van der Waals surface area (Å²) in [5.41, 5.74) is 0.849. The molecule has 2 rings (SSSR count). The van der Waals surface area contributed by atoms with Gasteiger partial charge in [-0.05, 0) is 31.2 Å². The highest BCUT2D eigenvalue weighted by Gasteiger charge is 2.10. The summed E-state index contributed by atoms with van der Waals surface area (Å²) in [6, 6.07) is 11.1. The Labute approximate surface area is 154 Å². The fourth-order valence-corrected chi connectivity index (χ4v) is 2.25. The SMILES string of the molecule is CCNC(=NCC(O)c1ccco1)Nc1cccc(OCCCOC)c1. The van der Waals surface area contributed by atoms with E-state index in [-0.39, 0.29) is 6.54 Å². The van der Waals surface area contributed by atoms with Gasteiger partial charge < -0.3 is 29.6 Å². The van der Waals surface area contributed by atoms with E-state index in [1.807, 2.05) is 31.2 Å². The van der Waals surface area contributed by atoms with Gasteiger partial charge in [0.05, 0.1) is 19.4 Å². The van der Waals surface area contributed by atoms with Crippen LogP contribution in [0, 0.1) is 0 Å². The number of hydrogen-bond acceptors (Lipinski definition) is 5. The lowest BCUT2D eigenvalue weighted by Gasteiger charge is -2.13. The van der Waals surface area contributed by atoms with Crippen LogP contribution in [0.15, 0.2) is 52.1 Å². The van der Waals surface area contributed by atoms with Crippen molar-refractivity contribution in [2.24, 2.45) is 4.99 Å². The van der Waals surface area contributed by atoms with Gasteiger partial charge in [-0.2, -0.15) is 0 Å². The molecule has 1 atom stereocenters. The van der Waals surface area contributed by atoms with Gasteiger partial charge in [0.25, 0.3) is 0 Å². The molecule has 7 nitrogen and oxygen atoms in total. The van der Waals surface area contributed by atoms with Crippen LogP contribution in [-0.2, 0) is 4.74 Å². The van der Waals surface area contributed by atoms with Crippen LogP contribution < -0.4 is 15.4 Å². The summed E-state index contributed by atoms with van der Waals surface area (Å²) in [5.74, 6) is 1.85. The number of rotatable bonds is 10. The summed E-state index contributed by atoms with van der Waals surface area (Å²) < 4.78 is 15.9. The molecule has 1 unspecified atom stereocenters. The summed E-state index contributed by atoms with van der Waals surface area (Å²) >= 11 is 0. The molecule has 0 saturated carbocycles. The molecule has 1 aromatic heterocycles. The summed E-state index contributed by atoms with van der Waals surface area (Å²) in [6.07, 6.45) is 1.59. The maximum atomic E-state index is 10.1. The highest BCUT2D eigenvalue weighted by Crippen LogP contribution is 2.18. The summed E-state index contributed by atoms with van der Waals surface area (Å²) in [4.78, 5) is 4.41. The zero-order valence-corrected chi connectivity index (χ0v) is 15.3. The van der Waals surface area contributed by atoms with Crippen LogP contribution in [0.25, 0.3) is 0 Å². The molecule has 26 heavy (non-hydrogen) atoms. The quantitative estimate of drug-likeness (QED) is 0.343. The van der Waals surface area contributed by atoms with Crippen LogP contribution >= 0.6 is 0 Å². The van der Waals surface area contributed by atoms with Crippen LogP contribution in [0.1, 0.15) is 25.2 Å². The van der Waals surface area contributed by atoms with Crippen molar-refractivity contribution in [1.29, 1.82) is 0 Å². The van der Waals surface area contributed by atoms with E-state index in [2.05, 4.69) is 15.6 Å². The number of anilines is 1. The van der Waals surface area contributed by atoms with Gasteiger partial charge in [0.2, 0.25) is 0 Å². The van der Waals surface area contributed by atoms with Crippen molar-refractivity contribution in [2.45, 2.75) is 19.4 Å². The van der Waals surface area contributed by atoms with Crippen LogP contribution in [0.4, 0.5) is 5.69 Å². The van der Waals surface area contributed by atoms with E-state index >= 15 is 0 Å². The minimum absolute atomic E-state index is 0.191. The molecule has 0 aliphatic rings. The van der Waals surface area contributed by atoms with Gasteiger partial charge in [-0.3, -0.25) is 0 Å². The zero-order chi connectivity index (χ0) is 18.6. The molecule has 1 heterocycles. The van der Waals surface area contributed by atoms with Gasteiger partial charge in [0.15, 0.2) is 5.96 Å². The fourth-order valence-electron chi connectivity index (χ4n) is 2.25. The van der Waals surface area contributed by atoms with Gasteiger partial charge in [-0.25, -0.2) is 4.99 Å². The number of nitrogens with zero attached hydrogens (tertiary/aromatic N) is 1. The monoisotopic (exact) mass is 361 g/mol. The Kier molecular flexibility index (Phi) is 8.51. The second-order valence-electron chi connectivity index (χ2n) is 5.60. The number of guanidine groups is 1. The molecule has 2 aromatic rings. The van der Waals surface area contributed by atoms with Crippen molar-refractivity contribution < 1.29 is 19.0 Å². The first-order valence-electron chi connectivity index (χ1n) is 8.71. The molecule has 0 aliphatic carbocycles. The highest BCUT2D eigenvalue weighted by atomic mass is 16.5. The molecule has 0 bridgehead atoms. The summed E-state index contributed by atoms with van der Waals surface area (Å²) in [5, 5.41) is 16.5. The minimum atomic E-state index is -0.782. The van der Waals surface area contributed by atoms with Gasteiger partial charge in [0.1, 0.15) is 17.6 Å². The molecule has 142 valence electrons. The lowest BCUT2D eigenvalue weighted by Crippen LogP contribution is -2.31. The van der Waals surface area contributed by atoms with E-state index in [0.29, 0.717) is 31.5 Å².